The highest BCUT2D eigenvalue weighted by atomic mass is 79.9. The predicted molar refractivity (Wildman–Crippen MR) is 104 cm³/mol. The summed E-state index contributed by atoms with van der Waals surface area (Å²) in [6, 6.07) is 1.84. The number of aryl methyl sites for hydroxylation is 1. The number of nitrogens with zero attached hydrogens (tertiary/aromatic N) is 2. The molecule has 8 heteroatoms. The number of thiophene rings is 1. The zero-order valence-electron chi connectivity index (χ0n) is 14.3. The van der Waals surface area contributed by atoms with E-state index in [9.17, 15) is 14.4 Å². The second-order valence-corrected chi connectivity index (χ2v) is 7.39. The Morgan fingerprint density at radius 3 is 2.60 bits per heavy atom. The second kappa shape index (κ2) is 9.91. The van der Waals surface area contributed by atoms with Crippen molar-refractivity contribution in [2.24, 2.45) is 0 Å². The van der Waals surface area contributed by atoms with Gasteiger partial charge >= 0.3 is 11.7 Å². The second-order valence-electron chi connectivity index (χ2n) is 5.68. The van der Waals surface area contributed by atoms with Crippen molar-refractivity contribution >= 4 is 43.5 Å². The van der Waals surface area contributed by atoms with E-state index in [0.29, 0.717) is 43.7 Å². The molecule has 0 amide bonds. The number of unbranched alkanes of at least 4 members (excludes halogenated alkanes) is 2. The Bertz CT molecular complexity index is 824. The number of hydrogen-bond donors (Lipinski definition) is 0. The summed E-state index contributed by atoms with van der Waals surface area (Å²) >= 11 is 4.76. The first-order valence-corrected chi connectivity index (χ1v) is 10.5. The zero-order valence-corrected chi connectivity index (χ0v) is 16.7. The van der Waals surface area contributed by atoms with Crippen molar-refractivity contribution in [1.82, 2.24) is 9.13 Å². The minimum absolute atomic E-state index is 0.233. The molecule has 2 aromatic heterocycles. The predicted octanol–water partition coefficient (Wildman–Crippen LogP) is 3.13. The van der Waals surface area contributed by atoms with E-state index < -0.39 is 0 Å². The van der Waals surface area contributed by atoms with Crippen molar-refractivity contribution in [2.45, 2.75) is 52.1 Å². The molecule has 0 atom stereocenters. The molecule has 0 radical (unpaired) electrons. The van der Waals surface area contributed by atoms with Crippen molar-refractivity contribution in [3.8, 4) is 0 Å². The summed E-state index contributed by atoms with van der Waals surface area (Å²) < 4.78 is 8.50. The van der Waals surface area contributed by atoms with E-state index in [-0.39, 0.29) is 17.2 Å². The fraction of sp³-hybridized carbons (Fsp3) is 0.588. The van der Waals surface area contributed by atoms with Crippen molar-refractivity contribution in [3.05, 3.63) is 32.3 Å². The number of rotatable bonds is 10. The lowest BCUT2D eigenvalue weighted by Crippen LogP contribution is -2.39. The van der Waals surface area contributed by atoms with Crippen LogP contribution in [0.3, 0.4) is 0 Å². The molecule has 2 rings (SSSR count). The smallest absolute Gasteiger partial charge is 0.331 e. The summed E-state index contributed by atoms with van der Waals surface area (Å²) in [5.74, 6) is -0.240. The number of carbonyl (C=O) groups excluding carboxylic acids is 1. The lowest BCUT2D eigenvalue weighted by Gasteiger charge is -2.12. The van der Waals surface area contributed by atoms with Gasteiger partial charge in [-0.1, -0.05) is 15.9 Å². The van der Waals surface area contributed by atoms with Crippen LogP contribution in [-0.4, -0.2) is 27.0 Å². The topological polar surface area (TPSA) is 70.3 Å². The van der Waals surface area contributed by atoms with Crippen molar-refractivity contribution in [1.29, 1.82) is 0 Å². The maximum atomic E-state index is 12.8. The number of fused-ring (bicyclic) bond motifs is 1. The molecule has 0 aromatic carbocycles. The van der Waals surface area contributed by atoms with Crippen LogP contribution in [0, 0.1) is 0 Å². The molecule has 0 unspecified atom stereocenters. The summed E-state index contributed by atoms with van der Waals surface area (Å²) in [6.07, 6.45) is 3.33. The van der Waals surface area contributed by atoms with Gasteiger partial charge in [0.2, 0.25) is 0 Å². The van der Waals surface area contributed by atoms with Gasteiger partial charge < -0.3 is 4.74 Å². The fourth-order valence-corrected chi connectivity index (χ4v) is 3.92. The van der Waals surface area contributed by atoms with E-state index in [2.05, 4.69) is 15.9 Å². The van der Waals surface area contributed by atoms with E-state index in [1.54, 1.807) is 11.5 Å². The Morgan fingerprint density at radius 2 is 1.88 bits per heavy atom. The number of carbonyl (C=O) groups is 1. The molecule has 2 heterocycles. The molecule has 0 spiro atoms. The zero-order chi connectivity index (χ0) is 18.2. The van der Waals surface area contributed by atoms with Gasteiger partial charge in [-0.2, -0.15) is 0 Å². The third-order valence-corrected chi connectivity index (χ3v) is 5.37. The molecule has 6 nitrogen and oxygen atoms in total. The van der Waals surface area contributed by atoms with E-state index in [4.69, 9.17) is 4.74 Å². The first kappa shape index (κ1) is 19.9. The van der Waals surface area contributed by atoms with Crippen molar-refractivity contribution < 1.29 is 9.53 Å². The largest absolute Gasteiger partial charge is 0.466 e. The monoisotopic (exact) mass is 430 g/mol. The van der Waals surface area contributed by atoms with Crippen molar-refractivity contribution in [3.63, 3.8) is 0 Å². The van der Waals surface area contributed by atoms with Gasteiger partial charge in [-0.3, -0.25) is 18.7 Å². The molecule has 0 N–H and O–H groups in total. The molecule has 0 fully saturated rings. The standard InChI is InChI=1S/C17H23BrN2O4S/c1-2-24-14(21)7-3-5-11-20-16(22)15-13(8-12-25-15)19(17(20)23)10-6-4-9-18/h8,12H,2-7,9-11H2,1H3. The number of alkyl halides is 1. The third kappa shape index (κ3) is 5.04. The summed E-state index contributed by atoms with van der Waals surface area (Å²) in [5, 5.41) is 2.74. The number of esters is 1. The molecule has 0 aliphatic carbocycles. The van der Waals surface area contributed by atoms with Gasteiger partial charge in [0.25, 0.3) is 5.56 Å². The van der Waals surface area contributed by atoms with Gasteiger partial charge in [0.1, 0.15) is 4.70 Å². The van der Waals surface area contributed by atoms with Gasteiger partial charge in [0, 0.05) is 24.8 Å². The van der Waals surface area contributed by atoms with Gasteiger partial charge in [-0.15, -0.1) is 11.3 Å². The van der Waals surface area contributed by atoms with Crippen LogP contribution in [0.2, 0.25) is 0 Å². The van der Waals surface area contributed by atoms with Gasteiger partial charge in [0.05, 0.1) is 12.1 Å². The van der Waals surface area contributed by atoms with Gasteiger partial charge in [-0.05, 0) is 44.1 Å². The van der Waals surface area contributed by atoms with E-state index >= 15 is 0 Å². The highest BCUT2D eigenvalue weighted by Crippen LogP contribution is 2.16. The molecular formula is C17H23BrN2O4S. The SMILES string of the molecule is CCOC(=O)CCCCn1c(=O)c2sccc2n(CCCCBr)c1=O. The first-order valence-electron chi connectivity index (χ1n) is 8.52. The number of hydrogen-bond acceptors (Lipinski definition) is 5. The molecular weight excluding hydrogens is 408 g/mol. The highest BCUT2D eigenvalue weighted by molar-refractivity contribution is 9.09. The maximum Gasteiger partial charge on any atom is 0.331 e. The van der Waals surface area contributed by atoms with Gasteiger partial charge in [0.15, 0.2) is 0 Å². The lowest BCUT2D eigenvalue weighted by atomic mass is 10.2. The summed E-state index contributed by atoms with van der Waals surface area (Å²) in [4.78, 5) is 36.7. The van der Waals surface area contributed by atoms with E-state index in [0.717, 1.165) is 23.7 Å². The van der Waals surface area contributed by atoms with Crippen LogP contribution in [0.5, 0.6) is 0 Å². The summed E-state index contributed by atoms with van der Waals surface area (Å²) in [5.41, 5.74) is 0.224. The number of halogens is 1. The number of ether oxygens (including phenoxy) is 1. The minimum atomic E-state index is -0.262. The summed E-state index contributed by atoms with van der Waals surface area (Å²) in [6.45, 7) is 3.06. The minimum Gasteiger partial charge on any atom is -0.466 e. The first-order chi connectivity index (χ1) is 12.1. The van der Waals surface area contributed by atoms with Crippen LogP contribution in [0.25, 0.3) is 10.2 Å². The Labute approximate surface area is 158 Å². The van der Waals surface area contributed by atoms with Crippen LogP contribution >= 0.6 is 27.3 Å². The van der Waals surface area contributed by atoms with Crippen LogP contribution in [0.1, 0.15) is 39.0 Å². The Morgan fingerprint density at radius 1 is 1.16 bits per heavy atom. The third-order valence-electron chi connectivity index (χ3n) is 3.92. The molecule has 0 bridgehead atoms. The van der Waals surface area contributed by atoms with Crippen LogP contribution in [-0.2, 0) is 22.6 Å². The highest BCUT2D eigenvalue weighted by Gasteiger charge is 2.14. The average Bonchev–Trinajstić information content (AvgIpc) is 3.07. The van der Waals surface area contributed by atoms with E-state index in [1.807, 2.05) is 11.4 Å². The average molecular weight is 431 g/mol. The Hall–Kier alpha value is -1.41. The fourth-order valence-electron chi connectivity index (χ4n) is 2.68. The van der Waals surface area contributed by atoms with Crippen LogP contribution < -0.4 is 11.2 Å². The molecule has 0 aliphatic heterocycles. The summed E-state index contributed by atoms with van der Waals surface area (Å²) in [7, 11) is 0. The van der Waals surface area contributed by atoms with Crippen LogP contribution in [0.4, 0.5) is 0 Å². The lowest BCUT2D eigenvalue weighted by molar-refractivity contribution is -0.143. The molecule has 25 heavy (non-hydrogen) atoms. The molecule has 0 saturated carbocycles. The van der Waals surface area contributed by atoms with E-state index in [1.165, 1.54) is 15.9 Å². The molecule has 2 aromatic rings. The van der Waals surface area contributed by atoms with Crippen molar-refractivity contribution in [2.75, 3.05) is 11.9 Å². The normalized spacial score (nSPS) is 11.1. The number of aromatic nitrogens is 2. The molecule has 138 valence electrons. The quantitative estimate of drug-likeness (QED) is 0.329. The molecule has 0 saturated heterocycles. The van der Waals surface area contributed by atoms with Crippen LogP contribution in [0.15, 0.2) is 21.0 Å². The Balaban J connectivity index is 2.17. The maximum absolute atomic E-state index is 12.8. The Kier molecular flexibility index (Phi) is 7.90. The molecule has 0 aliphatic rings. The van der Waals surface area contributed by atoms with Gasteiger partial charge in [-0.25, -0.2) is 4.79 Å².